The van der Waals surface area contributed by atoms with E-state index in [1.807, 2.05) is 6.20 Å². The third-order valence-corrected chi connectivity index (χ3v) is 4.78. The van der Waals surface area contributed by atoms with Gasteiger partial charge < -0.3 is 14.9 Å². The highest BCUT2D eigenvalue weighted by Crippen LogP contribution is 2.40. The number of anilines is 1. The Bertz CT molecular complexity index is 1190. The van der Waals surface area contributed by atoms with Gasteiger partial charge >= 0.3 is 0 Å². The van der Waals surface area contributed by atoms with Crippen LogP contribution in [0.15, 0.2) is 41.4 Å². The van der Waals surface area contributed by atoms with Crippen molar-refractivity contribution in [3.63, 3.8) is 0 Å². The van der Waals surface area contributed by atoms with Crippen molar-refractivity contribution in [2.24, 2.45) is 7.05 Å². The van der Waals surface area contributed by atoms with Crippen molar-refractivity contribution in [3.05, 3.63) is 59.2 Å². The minimum atomic E-state index is -0.940. The minimum absolute atomic E-state index is 0.0550. The zero-order valence-electron chi connectivity index (χ0n) is 14.9. The number of rotatable bonds is 4. The highest BCUT2D eigenvalue weighted by molar-refractivity contribution is 6.31. The zero-order chi connectivity index (χ0) is 20.0. The van der Waals surface area contributed by atoms with Crippen LogP contribution >= 0.6 is 11.6 Å². The molecule has 2 N–H and O–H groups in total. The van der Waals surface area contributed by atoms with Gasteiger partial charge in [0.2, 0.25) is 5.75 Å². The average Bonchev–Trinajstić information content (AvgIpc) is 3.27. The van der Waals surface area contributed by atoms with Gasteiger partial charge in [0.15, 0.2) is 11.4 Å². The summed E-state index contributed by atoms with van der Waals surface area (Å²) in [6.07, 6.45) is 5.67. The van der Waals surface area contributed by atoms with Crippen molar-refractivity contribution >= 4 is 28.4 Å². The van der Waals surface area contributed by atoms with Gasteiger partial charge in [0.05, 0.1) is 16.6 Å². The molecule has 0 spiro atoms. The number of aromatic nitrogens is 3. The first kappa shape index (κ1) is 18.2. The highest BCUT2D eigenvalue weighted by atomic mass is 35.5. The van der Waals surface area contributed by atoms with Crippen molar-refractivity contribution in [1.29, 1.82) is 0 Å². The first-order valence-electron chi connectivity index (χ1n) is 8.31. The molecule has 0 saturated carbocycles. The number of nitrogen functional groups attached to an aromatic ring is 1. The van der Waals surface area contributed by atoms with Gasteiger partial charge in [-0.15, -0.1) is 0 Å². The summed E-state index contributed by atoms with van der Waals surface area (Å²) in [5.41, 5.74) is 7.76. The standard InChI is InChI=1S/C19H15ClF2N4O2/c1-9(15-13(21)3-4-14(22)16(15)20)28-18-17-11(6-24-19(18)23)12(8-27-17)10-5-25-26(2)7-10/h3-9H,1-2H3,(H2,23,24)/t9-/m1/s1. The zero-order valence-corrected chi connectivity index (χ0v) is 15.7. The number of nitrogens with two attached hydrogens (primary N) is 1. The second-order valence-corrected chi connectivity index (χ2v) is 6.66. The molecule has 1 atom stereocenters. The molecule has 0 aliphatic heterocycles. The van der Waals surface area contributed by atoms with Crippen LogP contribution in [0.3, 0.4) is 0 Å². The number of pyridine rings is 1. The van der Waals surface area contributed by atoms with Crippen LogP contribution in [0, 0.1) is 11.6 Å². The first-order chi connectivity index (χ1) is 13.4. The van der Waals surface area contributed by atoms with Gasteiger partial charge in [0.1, 0.15) is 24.0 Å². The largest absolute Gasteiger partial charge is 0.478 e. The summed E-state index contributed by atoms with van der Waals surface area (Å²) in [5, 5.41) is 4.44. The lowest BCUT2D eigenvalue weighted by molar-refractivity contribution is 0.221. The Morgan fingerprint density at radius 1 is 1.25 bits per heavy atom. The van der Waals surface area contributed by atoms with Crippen LogP contribution in [0.4, 0.5) is 14.6 Å². The summed E-state index contributed by atoms with van der Waals surface area (Å²) in [6.45, 7) is 1.53. The van der Waals surface area contributed by atoms with Gasteiger partial charge in [-0.05, 0) is 19.1 Å². The van der Waals surface area contributed by atoms with Crippen molar-refractivity contribution < 1.29 is 17.9 Å². The van der Waals surface area contributed by atoms with Crippen LogP contribution in [-0.4, -0.2) is 14.8 Å². The lowest BCUT2D eigenvalue weighted by atomic mass is 10.1. The van der Waals surface area contributed by atoms with Gasteiger partial charge in [0.25, 0.3) is 0 Å². The highest BCUT2D eigenvalue weighted by Gasteiger charge is 2.24. The van der Waals surface area contributed by atoms with E-state index in [0.29, 0.717) is 11.0 Å². The third-order valence-electron chi connectivity index (χ3n) is 4.40. The van der Waals surface area contributed by atoms with E-state index in [9.17, 15) is 8.78 Å². The molecular formula is C19H15ClF2N4O2. The molecule has 1 aromatic carbocycles. The molecule has 3 aromatic heterocycles. The van der Waals surface area contributed by atoms with Crippen LogP contribution in [0.1, 0.15) is 18.6 Å². The number of aryl methyl sites for hydroxylation is 1. The Morgan fingerprint density at radius 2 is 2.00 bits per heavy atom. The summed E-state index contributed by atoms with van der Waals surface area (Å²) in [7, 11) is 1.80. The van der Waals surface area contributed by atoms with Gasteiger partial charge in [0, 0.05) is 36.1 Å². The summed E-state index contributed by atoms with van der Waals surface area (Å²) in [5.74, 6) is -1.25. The molecule has 0 radical (unpaired) electrons. The van der Waals surface area contributed by atoms with Crippen molar-refractivity contribution in [2.45, 2.75) is 13.0 Å². The first-order valence-corrected chi connectivity index (χ1v) is 8.69. The lowest BCUT2D eigenvalue weighted by Crippen LogP contribution is -2.09. The Labute approximate surface area is 163 Å². The fourth-order valence-electron chi connectivity index (χ4n) is 3.03. The molecule has 0 fully saturated rings. The maximum absolute atomic E-state index is 14.2. The normalized spacial score (nSPS) is 12.5. The maximum Gasteiger partial charge on any atom is 0.205 e. The Balaban J connectivity index is 1.78. The van der Waals surface area contributed by atoms with E-state index in [1.165, 1.54) is 13.2 Å². The molecule has 0 aliphatic rings. The lowest BCUT2D eigenvalue weighted by Gasteiger charge is -2.18. The molecule has 0 aliphatic carbocycles. The van der Waals surface area contributed by atoms with E-state index in [4.69, 9.17) is 26.5 Å². The molecule has 0 amide bonds. The van der Waals surface area contributed by atoms with Crippen LogP contribution < -0.4 is 10.5 Å². The van der Waals surface area contributed by atoms with E-state index in [2.05, 4.69) is 10.1 Å². The molecular weight excluding hydrogens is 390 g/mol. The minimum Gasteiger partial charge on any atom is -0.478 e. The topological polar surface area (TPSA) is 79.1 Å². The van der Waals surface area contributed by atoms with E-state index < -0.39 is 17.7 Å². The third kappa shape index (κ3) is 2.95. The fraction of sp³-hybridized carbons (Fsp3) is 0.158. The number of nitrogens with zero attached hydrogens (tertiary/aromatic N) is 3. The quantitative estimate of drug-likeness (QED) is 0.490. The smallest absolute Gasteiger partial charge is 0.205 e. The fourth-order valence-corrected chi connectivity index (χ4v) is 3.34. The van der Waals surface area contributed by atoms with E-state index >= 15 is 0 Å². The summed E-state index contributed by atoms with van der Waals surface area (Å²) < 4.78 is 41.1. The predicted molar refractivity (Wildman–Crippen MR) is 101 cm³/mol. The molecule has 9 heteroatoms. The van der Waals surface area contributed by atoms with Gasteiger partial charge in [-0.3, -0.25) is 4.68 Å². The molecule has 0 saturated heterocycles. The molecule has 28 heavy (non-hydrogen) atoms. The average molecular weight is 405 g/mol. The van der Waals surface area contributed by atoms with Crippen molar-refractivity contribution in [1.82, 2.24) is 14.8 Å². The van der Waals surface area contributed by atoms with Gasteiger partial charge in [-0.1, -0.05) is 11.6 Å². The molecule has 4 rings (SSSR count). The van der Waals surface area contributed by atoms with E-state index in [0.717, 1.165) is 23.3 Å². The van der Waals surface area contributed by atoms with Gasteiger partial charge in [-0.25, -0.2) is 13.8 Å². The Kier molecular flexibility index (Phi) is 4.43. The Morgan fingerprint density at radius 3 is 2.71 bits per heavy atom. The molecule has 0 bridgehead atoms. The number of hydrogen-bond acceptors (Lipinski definition) is 5. The number of hydrogen-bond donors (Lipinski definition) is 1. The number of fused-ring (bicyclic) bond motifs is 1. The van der Waals surface area contributed by atoms with Crippen LogP contribution in [0.2, 0.25) is 5.02 Å². The SMILES string of the molecule is C[C@@H](Oc1c(N)ncc2c(-c3cnn(C)c3)coc12)c1c(F)ccc(F)c1Cl. The summed E-state index contributed by atoms with van der Waals surface area (Å²) in [4.78, 5) is 4.15. The number of halogens is 3. The van der Waals surface area contributed by atoms with Gasteiger partial charge in [-0.2, -0.15) is 5.10 Å². The van der Waals surface area contributed by atoms with Crippen molar-refractivity contribution in [3.8, 4) is 16.9 Å². The summed E-state index contributed by atoms with van der Waals surface area (Å²) in [6, 6.07) is 1.95. The number of furan rings is 1. The van der Waals surface area contributed by atoms with E-state index in [1.54, 1.807) is 24.1 Å². The van der Waals surface area contributed by atoms with Crippen molar-refractivity contribution in [2.75, 3.05) is 5.73 Å². The van der Waals surface area contributed by atoms with Crippen LogP contribution in [0.25, 0.3) is 22.1 Å². The second kappa shape index (κ2) is 6.79. The second-order valence-electron chi connectivity index (χ2n) is 6.28. The maximum atomic E-state index is 14.2. The number of benzene rings is 1. The predicted octanol–water partition coefficient (Wildman–Crippen LogP) is 4.88. The monoisotopic (exact) mass is 404 g/mol. The molecule has 144 valence electrons. The van der Waals surface area contributed by atoms with E-state index in [-0.39, 0.29) is 22.2 Å². The Hall–Kier alpha value is -3.13. The van der Waals surface area contributed by atoms with Crippen LogP contribution in [-0.2, 0) is 7.05 Å². The molecule has 3 heterocycles. The molecule has 6 nitrogen and oxygen atoms in total. The molecule has 0 unspecified atom stereocenters. The summed E-state index contributed by atoms with van der Waals surface area (Å²) >= 11 is 5.93. The number of ether oxygens (including phenoxy) is 1. The molecule has 4 aromatic rings. The van der Waals surface area contributed by atoms with Crippen LogP contribution in [0.5, 0.6) is 5.75 Å².